The van der Waals surface area contributed by atoms with Gasteiger partial charge in [-0.05, 0) is 24.3 Å². The monoisotopic (exact) mass is 288 g/mol. The number of rotatable bonds is 3. The standard InChI is InChI=1S/C10H14N2OS.C6H6/c1-7(6-14)10(13)12-9-4-2-8(11)3-5-9;1-2-4-6-5-3-1/h2-5,7,14H,6,11H2,1H3,(H,12,13);1-6H. The number of amides is 1. The van der Waals surface area contributed by atoms with Crippen LogP contribution in [0.15, 0.2) is 60.7 Å². The molecular weight excluding hydrogens is 268 g/mol. The van der Waals surface area contributed by atoms with E-state index in [2.05, 4.69) is 17.9 Å². The van der Waals surface area contributed by atoms with E-state index in [9.17, 15) is 4.79 Å². The number of nitrogens with one attached hydrogen (secondary N) is 1. The summed E-state index contributed by atoms with van der Waals surface area (Å²) in [5.41, 5.74) is 6.97. The highest BCUT2D eigenvalue weighted by Gasteiger charge is 2.10. The van der Waals surface area contributed by atoms with Crippen LogP contribution in [0.3, 0.4) is 0 Å². The zero-order valence-electron chi connectivity index (χ0n) is 11.5. The molecule has 1 unspecified atom stereocenters. The second kappa shape index (κ2) is 9.04. The van der Waals surface area contributed by atoms with Crippen molar-refractivity contribution in [1.82, 2.24) is 0 Å². The van der Waals surface area contributed by atoms with Gasteiger partial charge in [-0.3, -0.25) is 4.79 Å². The van der Waals surface area contributed by atoms with Crippen molar-refractivity contribution in [2.75, 3.05) is 16.8 Å². The first-order chi connectivity index (χ1) is 9.63. The summed E-state index contributed by atoms with van der Waals surface area (Å²) in [6.45, 7) is 1.83. The number of nitrogens with two attached hydrogens (primary N) is 1. The van der Waals surface area contributed by atoms with Gasteiger partial charge in [-0.1, -0.05) is 43.3 Å². The summed E-state index contributed by atoms with van der Waals surface area (Å²) in [6.07, 6.45) is 0. The molecule has 2 rings (SSSR count). The molecule has 20 heavy (non-hydrogen) atoms. The number of benzene rings is 2. The Balaban J connectivity index is 0.000000276. The highest BCUT2D eigenvalue weighted by atomic mass is 32.1. The topological polar surface area (TPSA) is 55.1 Å². The van der Waals surface area contributed by atoms with Crippen LogP contribution >= 0.6 is 12.6 Å². The molecule has 0 aliphatic carbocycles. The largest absolute Gasteiger partial charge is 0.399 e. The van der Waals surface area contributed by atoms with E-state index in [1.165, 1.54) is 0 Å². The molecule has 0 radical (unpaired) electrons. The number of anilines is 2. The lowest BCUT2D eigenvalue weighted by Crippen LogP contribution is -2.21. The van der Waals surface area contributed by atoms with Gasteiger partial charge in [0.2, 0.25) is 5.91 Å². The van der Waals surface area contributed by atoms with Crippen molar-refractivity contribution in [2.24, 2.45) is 5.92 Å². The molecule has 0 saturated heterocycles. The van der Waals surface area contributed by atoms with Crippen LogP contribution in [-0.4, -0.2) is 11.7 Å². The molecular formula is C16H20N2OS. The third kappa shape index (κ3) is 6.29. The van der Waals surface area contributed by atoms with Crippen molar-refractivity contribution in [3.05, 3.63) is 60.7 Å². The van der Waals surface area contributed by atoms with E-state index < -0.39 is 0 Å². The average Bonchev–Trinajstić information content (AvgIpc) is 2.51. The molecule has 4 heteroatoms. The lowest BCUT2D eigenvalue weighted by molar-refractivity contribution is -0.118. The Kier molecular flexibility index (Phi) is 7.29. The van der Waals surface area contributed by atoms with Gasteiger partial charge < -0.3 is 11.1 Å². The summed E-state index contributed by atoms with van der Waals surface area (Å²) < 4.78 is 0. The minimum atomic E-state index is -0.0871. The fourth-order valence-corrected chi connectivity index (χ4v) is 1.47. The highest BCUT2D eigenvalue weighted by molar-refractivity contribution is 7.80. The summed E-state index contributed by atoms with van der Waals surface area (Å²) >= 11 is 4.06. The number of hydrogen-bond donors (Lipinski definition) is 3. The molecule has 3 N–H and O–H groups in total. The van der Waals surface area contributed by atoms with Crippen LogP contribution < -0.4 is 11.1 Å². The van der Waals surface area contributed by atoms with Crippen LogP contribution in [0.5, 0.6) is 0 Å². The minimum absolute atomic E-state index is 0.0234. The summed E-state index contributed by atoms with van der Waals surface area (Å²) in [7, 11) is 0. The second-order valence-corrected chi connectivity index (χ2v) is 4.71. The quantitative estimate of drug-likeness (QED) is 0.598. The van der Waals surface area contributed by atoms with Gasteiger partial charge in [0.25, 0.3) is 0 Å². The van der Waals surface area contributed by atoms with Gasteiger partial charge in [-0.2, -0.15) is 12.6 Å². The molecule has 0 aliphatic heterocycles. The normalized spacial score (nSPS) is 10.9. The van der Waals surface area contributed by atoms with Crippen molar-refractivity contribution in [3.63, 3.8) is 0 Å². The number of thiol groups is 1. The van der Waals surface area contributed by atoms with Gasteiger partial charge in [0.15, 0.2) is 0 Å². The van der Waals surface area contributed by atoms with Crippen LogP contribution in [0.25, 0.3) is 0 Å². The molecule has 0 heterocycles. The molecule has 1 amide bonds. The highest BCUT2D eigenvalue weighted by Crippen LogP contribution is 2.12. The van der Waals surface area contributed by atoms with Crippen molar-refractivity contribution < 1.29 is 4.79 Å². The lowest BCUT2D eigenvalue weighted by atomic mass is 10.2. The van der Waals surface area contributed by atoms with E-state index in [1.807, 2.05) is 43.3 Å². The summed E-state index contributed by atoms with van der Waals surface area (Å²) in [5, 5.41) is 2.78. The molecule has 1 atom stereocenters. The van der Waals surface area contributed by atoms with E-state index in [4.69, 9.17) is 5.73 Å². The SMILES string of the molecule is CC(CS)C(=O)Nc1ccc(N)cc1.c1ccccc1. The fraction of sp³-hybridized carbons (Fsp3) is 0.188. The predicted octanol–water partition coefficient (Wildman–Crippen LogP) is 3.46. The molecule has 2 aromatic rings. The molecule has 3 nitrogen and oxygen atoms in total. The first-order valence-corrected chi connectivity index (χ1v) is 7.04. The van der Waals surface area contributed by atoms with E-state index in [0.717, 1.165) is 5.69 Å². The smallest absolute Gasteiger partial charge is 0.228 e. The van der Waals surface area contributed by atoms with Crippen LogP contribution in [0.2, 0.25) is 0 Å². The zero-order valence-corrected chi connectivity index (χ0v) is 12.4. The first-order valence-electron chi connectivity index (χ1n) is 6.40. The average molecular weight is 288 g/mol. The molecule has 0 spiro atoms. The number of carbonyl (C=O) groups is 1. The van der Waals surface area contributed by atoms with Crippen LogP contribution in [-0.2, 0) is 4.79 Å². The number of carbonyl (C=O) groups excluding carboxylic acids is 1. The minimum Gasteiger partial charge on any atom is -0.399 e. The Hall–Kier alpha value is -1.94. The van der Waals surface area contributed by atoms with Crippen molar-refractivity contribution in [1.29, 1.82) is 0 Å². The zero-order chi connectivity index (χ0) is 14.8. The van der Waals surface area contributed by atoms with Gasteiger partial charge in [0.05, 0.1) is 0 Å². The van der Waals surface area contributed by atoms with Crippen molar-refractivity contribution in [2.45, 2.75) is 6.92 Å². The third-order valence-electron chi connectivity index (χ3n) is 2.57. The molecule has 0 fully saturated rings. The summed E-state index contributed by atoms with van der Waals surface area (Å²) in [5.74, 6) is 0.432. The van der Waals surface area contributed by atoms with E-state index in [-0.39, 0.29) is 11.8 Å². The van der Waals surface area contributed by atoms with Crippen molar-refractivity contribution in [3.8, 4) is 0 Å². The molecule has 0 saturated carbocycles. The Morgan fingerprint density at radius 1 is 1.10 bits per heavy atom. The van der Waals surface area contributed by atoms with Gasteiger partial charge in [0, 0.05) is 23.0 Å². The molecule has 0 aromatic heterocycles. The first kappa shape index (κ1) is 16.1. The maximum Gasteiger partial charge on any atom is 0.228 e. The Labute approximate surface area is 125 Å². The Morgan fingerprint density at radius 2 is 1.55 bits per heavy atom. The molecule has 106 valence electrons. The van der Waals surface area contributed by atoms with Gasteiger partial charge in [-0.15, -0.1) is 0 Å². The lowest BCUT2D eigenvalue weighted by Gasteiger charge is -2.09. The van der Waals surface area contributed by atoms with E-state index in [1.54, 1.807) is 24.3 Å². The summed E-state index contributed by atoms with van der Waals surface area (Å²) in [4.78, 5) is 11.4. The predicted molar refractivity (Wildman–Crippen MR) is 88.9 cm³/mol. The van der Waals surface area contributed by atoms with Crippen LogP contribution in [0, 0.1) is 5.92 Å². The number of nitrogen functional groups attached to an aromatic ring is 1. The van der Waals surface area contributed by atoms with Crippen molar-refractivity contribution >= 4 is 29.9 Å². The fourth-order valence-electron chi connectivity index (χ4n) is 1.30. The maximum atomic E-state index is 11.4. The van der Waals surface area contributed by atoms with Gasteiger partial charge >= 0.3 is 0 Å². The van der Waals surface area contributed by atoms with E-state index >= 15 is 0 Å². The molecule has 0 bridgehead atoms. The Morgan fingerprint density at radius 3 is 1.95 bits per heavy atom. The Bertz CT molecular complexity index is 473. The number of hydrogen-bond acceptors (Lipinski definition) is 3. The van der Waals surface area contributed by atoms with Gasteiger partial charge in [0.1, 0.15) is 0 Å². The molecule has 0 aliphatic rings. The summed E-state index contributed by atoms with van der Waals surface area (Å²) in [6, 6.07) is 19.1. The van der Waals surface area contributed by atoms with E-state index in [0.29, 0.717) is 11.4 Å². The van der Waals surface area contributed by atoms with Crippen LogP contribution in [0.4, 0.5) is 11.4 Å². The van der Waals surface area contributed by atoms with Gasteiger partial charge in [-0.25, -0.2) is 0 Å². The maximum absolute atomic E-state index is 11.4. The third-order valence-corrected chi connectivity index (χ3v) is 3.11. The van der Waals surface area contributed by atoms with Crippen LogP contribution in [0.1, 0.15) is 6.92 Å². The second-order valence-electron chi connectivity index (χ2n) is 4.35. The molecule has 2 aromatic carbocycles.